The van der Waals surface area contributed by atoms with Crippen LogP contribution < -0.4 is 24.6 Å². The van der Waals surface area contributed by atoms with E-state index in [1.807, 2.05) is 24.3 Å². The highest BCUT2D eigenvalue weighted by molar-refractivity contribution is 5.95. The van der Waals surface area contributed by atoms with Gasteiger partial charge in [0.05, 0.1) is 26.0 Å². The molecule has 0 unspecified atom stereocenters. The fourth-order valence-corrected chi connectivity index (χ4v) is 4.84. The molecule has 8 heteroatoms. The van der Waals surface area contributed by atoms with Crippen molar-refractivity contribution in [2.75, 3.05) is 81.8 Å². The molecule has 0 bridgehead atoms. The fraction of sp³-hybridized carbons (Fsp3) is 0.500. The molecule has 0 radical (unpaired) electrons. The van der Waals surface area contributed by atoms with Crippen LogP contribution in [0.2, 0.25) is 0 Å². The van der Waals surface area contributed by atoms with Crippen LogP contribution in [-0.4, -0.2) is 83.6 Å². The zero-order valence-electron chi connectivity index (χ0n) is 20.1. The summed E-state index contributed by atoms with van der Waals surface area (Å²) in [5, 5.41) is 3.05. The summed E-state index contributed by atoms with van der Waals surface area (Å²) in [5.74, 6) is 1.55. The summed E-state index contributed by atoms with van der Waals surface area (Å²) in [4.78, 5) is 20.1. The van der Waals surface area contributed by atoms with Crippen LogP contribution in [0.15, 0.2) is 36.4 Å². The van der Waals surface area contributed by atoms with Crippen molar-refractivity contribution in [2.24, 2.45) is 0 Å². The minimum Gasteiger partial charge on any atom is -0.497 e. The molecule has 2 aromatic rings. The number of nitrogens with one attached hydrogen (secondary N) is 1. The van der Waals surface area contributed by atoms with Crippen LogP contribution in [0.3, 0.4) is 0 Å². The normalized spacial score (nSPS) is 20.9. The first-order chi connectivity index (χ1) is 16.6. The second-order valence-corrected chi connectivity index (χ2v) is 9.21. The molecule has 3 aliphatic rings. The molecule has 3 aliphatic heterocycles. The number of hydrogen-bond acceptors (Lipinski definition) is 7. The maximum atomic E-state index is 13.1. The lowest BCUT2D eigenvalue weighted by Gasteiger charge is -2.37. The topological polar surface area (TPSA) is 66.5 Å². The van der Waals surface area contributed by atoms with E-state index in [4.69, 9.17) is 14.2 Å². The van der Waals surface area contributed by atoms with Gasteiger partial charge < -0.3 is 34.2 Å². The maximum Gasteiger partial charge on any atom is 0.265 e. The molecule has 182 valence electrons. The van der Waals surface area contributed by atoms with Crippen LogP contribution >= 0.6 is 0 Å². The van der Waals surface area contributed by atoms with Gasteiger partial charge in [-0.1, -0.05) is 0 Å². The van der Waals surface area contributed by atoms with Crippen molar-refractivity contribution in [3.8, 4) is 11.5 Å². The van der Waals surface area contributed by atoms with E-state index in [2.05, 4.69) is 39.2 Å². The lowest BCUT2D eigenvalue weighted by Crippen LogP contribution is -2.45. The Bertz CT molecular complexity index is 999. The summed E-state index contributed by atoms with van der Waals surface area (Å²) in [7, 11) is 3.84. The number of carbonyl (C=O) groups is 1. The van der Waals surface area contributed by atoms with Crippen LogP contribution in [-0.2, 0) is 16.0 Å². The number of hydrogen-bond donors (Lipinski definition) is 1. The molecule has 0 spiro atoms. The summed E-state index contributed by atoms with van der Waals surface area (Å²) < 4.78 is 17.3. The third kappa shape index (κ3) is 4.93. The van der Waals surface area contributed by atoms with E-state index >= 15 is 0 Å². The molecular formula is C26H34N4O4. The number of anilines is 3. The highest BCUT2D eigenvalue weighted by Gasteiger charge is 2.31. The van der Waals surface area contributed by atoms with Gasteiger partial charge in [-0.05, 0) is 50.2 Å². The Morgan fingerprint density at radius 2 is 1.82 bits per heavy atom. The molecule has 0 aromatic heterocycles. The van der Waals surface area contributed by atoms with Crippen LogP contribution in [0.4, 0.5) is 17.1 Å². The third-order valence-corrected chi connectivity index (χ3v) is 6.94. The van der Waals surface area contributed by atoms with Crippen molar-refractivity contribution in [3.63, 3.8) is 0 Å². The molecular weight excluding hydrogens is 444 g/mol. The van der Waals surface area contributed by atoms with E-state index in [1.165, 1.54) is 0 Å². The SMILES string of the molecule is COc1cc2c(c(N3CCN(C)CC3)c1)O[C@@H](C(=O)N[14c]1[14cH][14cH][14c](N3CCOCC3)[14cH][14cH]1)CC2. The van der Waals surface area contributed by atoms with Crippen molar-refractivity contribution < 1.29 is 19.0 Å². The van der Waals surface area contributed by atoms with E-state index in [0.717, 1.165) is 93.0 Å². The van der Waals surface area contributed by atoms with Crippen LogP contribution in [0.25, 0.3) is 0 Å². The second kappa shape index (κ2) is 10.1. The van der Waals surface area contributed by atoms with Crippen LogP contribution in [0.1, 0.15) is 12.0 Å². The van der Waals surface area contributed by atoms with E-state index in [-0.39, 0.29) is 5.91 Å². The molecule has 8 nitrogen and oxygen atoms in total. The Balaban J connectivity index is 1.28. The first-order valence-corrected chi connectivity index (χ1v) is 12.2. The molecule has 0 aliphatic carbocycles. The maximum absolute atomic E-state index is 13.1. The Morgan fingerprint density at radius 3 is 2.53 bits per heavy atom. The second-order valence-electron chi connectivity index (χ2n) is 9.21. The first-order valence-electron chi connectivity index (χ1n) is 12.2. The fourth-order valence-electron chi connectivity index (χ4n) is 4.84. The molecule has 2 aromatic carbocycles. The number of likely N-dealkylation sites (N-methyl/N-ethyl adjacent to an activating group) is 1. The predicted molar refractivity (Wildman–Crippen MR) is 134 cm³/mol. The molecule has 1 amide bonds. The Kier molecular flexibility index (Phi) is 6.78. The summed E-state index contributed by atoms with van der Waals surface area (Å²) in [6.45, 7) is 7.12. The highest BCUT2D eigenvalue weighted by Crippen LogP contribution is 2.41. The molecule has 1 atom stereocenters. The third-order valence-electron chi connectivity index (χ3n) is 6.94. The van der Waals surface area contributed by atoms with Gasteiger partial charge in [-0.3, -0.25) is 4.79 Å². The molecule has 2 fully saturated rings. The number of methoxy groups -OCH3 is 1. The van der Waals surface area contributed by atoms with Gasteiger partial charge >= 0.3 is 0 Å². The van der Waals surface area contributed by atoms with E-state index in [0.29, 0.717) is 6.42 Å². The monoisotopic (exact) mass is 478 g/mol. The number of aryl methyl sites for hydroxylation is 1. The van der Waals surface area contributed by atoms with Gasteiger partial charge in [0.25, 0.3) is 5.91 Å². The average Bonchev–Trinajstić information content (AvgIpc) is 2.89. The first kappa shape index (κ1) is 22.8. The standard InChI is InChI=1S/C26H34N4O4/c1-28-9-11-30(12-10-28)23-18-22(32-2)17-19-3-8-24(34-25(19)23)26(31)27-20-4-6-21(7-5-20)29-13-15-33-16-14-29/h4-7,17-18,24H,3,8-16H2,1-2H3,(H,27,31)/t24-/m1/s1/i4+2,5+2,6+2,7+2,20+2,21+2. The average molecular weight is 479 g/mol. The Hall–Kier alpha value is -2.97. The number of ether oxygens (including phenoxy) is 3. The van der Waals surface area contributed by atoms with Gasteiger partial charge in [0, 0.05) is 62.3 Å². The minimum absolute atomic E-state index is 0.107. The predicted octanol–water partition coefficient (Wildman–Crippen LogP) is 2.62. The lowest BCUT2D eigenvalue weighted by atomic mass is 9.99. The molecule has 34 heavy (non-hydrogen) atoms. The van der Waals surface area contributed by atoms with Gasteiger partial charge in [-0.2, -0.15) is 0 Å². The zero-order chi connectivity index (χ0) is 23.5. The molecule has 3 heterocycles. The van der Waals surface area contributed by atoms with E-state index < -0.39 is 6.10 Å². The van der Waals surface area contributed by atoms with Gasteiger partial charge in [0.2, 0.25) is 0 Å². The lowest BCUT2D eigenvalue weighted by molar-refractivity contribution is -0.123. The van der Waals surface area contributed by atoms with E-state index in [1.54, 1.807) is 7.11 Å². The summed E-state index contributed by atoms with van der Waals surface area (Å²) >= 11 is 0. The molecule has 5 rings (SSSR count). The van der Waals surface area contributed by atoms with Gasteiger partial charge in [-0.25, -0.2) is 0 Å². The summed E-state index contributed by atoms with van der Waals surface area (Å²) in [6, 6.07) is 12.1. The van der Waals surface area contributed by atoms with Crippen LogP contribution in [0.5, 0.6) is 11.5 Å². The number of rotatable bonds is 5. The summed E-state index contributed by atoms with van der Waals surface area (Å²) in [6.07, 6.45) is 0.896. The van der Waals surface area contributed by atoms with Gasteiger partial charge in [-0.15, -0.1) is 0 Å². The largest absolute Gasteiger partial charge is 0.497 e. The minimum atomic E-state index is -0.522. The van der Waals surface area contributed by atoms with Crippen molar-refractivity contribution in [1.29, 1.82) is 0 Å². The number of amides is 1. The molecule has 0 saturated carbocycles. The van der Waals surface area contributed by atoms with Crippen molar-refractivity contribution in [2.45, 2.75) is 18.9 Å². The smallest absolute Gasteiger partial charge is 0.265 e. The number of piperazine rings is 1. The Morgan fingerprint density at radius 1 is 1.09 bits per heavy atom. The number of carbonyl (C=O) groups excluding carboxylic acids is 1. The number of benzene rings is 2. The van der Waals surface area contributed by atoms with Crippen LogP contribution in [0, 0.1) is 0 Å². The Labute approximate surface area is 201 Å². The molecule has 2 saturated heterocycles. The van der Waals surface area contributed by atoms with Gasteiger partial charge in [0.15, 0.2) is 6.10 Å². The van der Waals surface area contributed by atoms with Gasteiger partial charge in [0.1, 0.15) is 11.5 Å². The summed E-state index contributed by atoms with van der Waals surface area (Å²) in [5.41, 5.74) is 4.06. The number of nitrogens with zero attached hydrogens (tertiary/aromatic N) is 3. The highest BCUT2D eigenvalue weighted by atomic mass is 16.5. The van der Waals surface area contributed by atoms with E-state index in [9.17, 15) is 4.79 Å². The number of fused-ring (bicyclic) bond motifs is 1. The van der Waals surface area contributed by atoms with Crippen molar-refractivity contribution >= 4 is 23.0 Å². The quantitative estimate of drug-likeness (QED) is 0.709. The van der Waals surface area contributed by atoms with Crippen molar-refractivity contribution in [1.82, 2.24) is 4.90 Å². The zero-order valence-corrected chi connectivity index (χ0v) is 20.1. The number of morpholine rings is 1. The van der Waals surface area contributed by atoms with Crippen molar-refractivity contribution in [3.05, 3.63) is 42.0 Å². The molecule has 1 N–H and O–H groups in total.